The highest BCUT2D eigenvalue weighted by Gasteiger charge is 2.18. The highest BCUT2D eigenvalue weighted by Crippen LogP contribution is 2.20. The fourth-order valence-electron chi connectivity index (χ4n) is 2.98. The van der Waals surface area contributed by atoms with Gasteiger partial charge >= 0.3 is 0 Å². The molecule has 1 aliphatic heterocycles. The molecule has 1 saturated heterocycles. The molecule has 0 unspecified atom stereocenters. The van der Waals surface area contributed by atoms with E-state index in [9.17, 15) is 8.42 Å². The number of benzene rings is 1. The van der Waals surface area contributed by atoms with E-state index in [1.807, 2.05) is 6.07 Å². The van der Waals surface area contributed by atoms with Gasteiger partial charge in [-0.2, -0.15) is 0 Å². The van der Waals surface area contributed by atoms with Crippen molar-refractivity contribution in [1.29, 1.82) is 0 Å². The summed E-state index contributed by atoms with van der Waals surface area (Å²) in [5, 5.41) is 0. The molecular formula is C18H23BrN4O2S. The Kier molecular flexibility index (Phi) is 6.16. The Morgan fingerprint density at radius 1 is 1.08 bits per heavy atom. The average molecular weight is 439 g/mol. The molecule has 140 valence electrons. The van der Waals surface area contributed by atoms with E-state index in [0.29, 0.717) is 5.69 Å². The van der Waals surface area contributed by atoms with Crippen LogP contribution in [0.5, 0.6) is 0 Å². The molecule has 2 aromatic rings. The summed E-state index contributed by atoms with van der Waals surface area (Å²) >= 11 is 3.30. The van der Waals surface area contributed by atoms with E-state index >= 15 is 0 Å². The first-order chi connectivity index (χ1) is 12.5. The number of hydrogen-bond acceptors (Lipinski definition) is 5. The van der Waals surface area contributed by atoms with Crippen LogP contribution in [-0.2, 0) is 10.0 Å². The van der Waals surface area contributed by atoms with Gasteiger partial charge in [0, 0.05) is 30.7 Å². The molecule has 26 heavy (non-hydrogen) atoms. The topological polar surface area (TPSA) is 65.5 Å². The zero-order chi connectivity index (χ0) is 18.6. The number of aromatic nitrogens is 1. The van der Waals surface area contributed by atoms with Crippen molar-refractivity contribution in [2.45, 2.75) is 18.2 Å². The summed E-state index contributed by atoms with van der Waals surface area (Å²) in [5.74, 6) is 0.882. The Morgan fingerprint density at radius 2 is 1.77 bits per heavy atom. The number of nitrogens with zero attached hydrogens (tertiary/aromatic N) is 3. The average Bonchev–Trinajstić information content (AvgIpc) is 2.63. The number of pyridine rings is 1. The third kappa shape index (κ3) is 4.75. The van der Waals surface area contributed by atoms with E-state index in [1.54, 1.807) is 36.5 Å². The van der Waals surface area contributed by atoms with Crippen molar-refractivity contribution in [3.8, 4) is 0 Å². The smallest absolute Gasteiger partial charge is 0.261 e. The highest BCUT2D eigenvalue weighted by molar-refractivity contribution is 9.10. The lowest BCUT2D eigenvalue weighted by atomic mass is 10.3. The summed E-state index contributed by atoms with van der Waals surface area (Å²) in [6.07, 6.45) is 2.75. The van der Waals surface area contributed by atoms with E-state index in [4.69, 9.17) is 0 Å². The summed E-state index contributed by atoms with van der Waals surface area (Å²) in [6.45, 7) is 7.29. The molecular weight excluding hydrogens is 416 g/mol. The van der Waals surface area contributed by atoms with Gasteiger partial charge in [0.2, 0.25) is 0 Å². The van der Waals surface area contributed by atoms with Gasteiger partial charge in [0.05, 0.1) is 16.8 Å². The summed E-state index contributed by atoms with van der Waals surface area (Å²) in [4.78, 5) is 9.35. The van der Waals surface area contributed by atoms with Crippen LogP contribution in [0.4, 0.5) is 11.5 Å². The third-order valence-electron chi connectivity index (χ3n) is 4.36. The van der Waals surface area contributed by atoms with E-state index in [0.717, 1.165) is 43.0 Å². The minimum Gasteiger partial charge on any atom is -0.354 e. The minimum atomic E-state index is -3.61. The van der Waals surface area contributed by atoms with Crippen molar-refractivity contribution in [2.24, 2.45) is 0 Å². The predicted molar refractivity (Wildman–Crippen MR) is 108 cm³/mol. The molecule has 8 heteroatoms. The number of halogens is 1. The minimum absolute atomic E-state index is 0.219. The lowest BCUT2D eigenvalue weighted by molar-refractivity contribution is 0.258. The van der Waals surface area contributed by atoms with Crippen molar-refractivity contribution in [2.75, 3.05) is 42.3 Å². The monoisotopic (exact) mass is 438 g/mol. The van der Waals surface area contributed by atoms with Gasteiger partial charge in [-0.3, -0.25) is 9.62 Å². The second-order valence-electron chi connectivity index (χ2n) is 6.29. The van der Waals surface area contributed by atoms with Gasteiger partial charge in [-0.25, -0.2) is 13.4 Å². The summed E-state index contributed by atoms with van der Waals surface area (Å²) in [6, 6.07) is 10.2. The maximum absolute atomic E-state index is 12.4. The summed E-state index contributed by atoms with van der Waals surface area (Å²) in [7, 11) is -3.61. The number of hydrogen-bond donors (Lipinski definition) is 1. The van der Waals surface area contributed by atoms with E-state index in [-0.39, 0.29) is 4.90 Å². The van der Waals surface area contributed by atoms with Gasteiger partial charge in [-0.15, -0.1) is 0 Å². The fraction of sp³-hybridized carbons (Fsp3) is 0.389. The van der Waals surface area contributed by atoms with Gasteiger partial charge < -0.3 is 4.90 Å². The lowest BCUT2D eigenvalue weighted by Crippen LogP contribution is -2.46. The van der Waals surface area contributed by atoms with E-state index in [2.05, 4.69) is 42.4 Å². The lowest BCUT2D eigenvalue weighted by Gasteiger charge is -2.35. The highest BCUT2D eigenvalue weighted by atomic mass is 79.9. The van der Waals surface area contributed by atoms with Gasteiger partial charge in [0.1, 0.15) is 5.82 Å². The molecule has 0 aliphatic carbocycles. The van der Waals surface area contributed by atoms with Crippen LogP contribution in [0, 0.1) is 0 Å². The number of rotatable bonds is 6. The Bertz CT molecular complexity index is 817. The number of nitrogens with one attached hydrogen (secondary N) is 1. The number of piperazine rings is 1. The SMILES string of the molecule is CCCN1CCN(c2ccc(NS(=O)(=O)c3ccc(Br)cc3)cn2)CC1. The predicted octanol–water partition coefficient (Wildman–Crippen LogP) is 3.18. The Labute approximate surface area is 163 Å². The molecule has 3 rings (SSSR count). The fourth-order valence-corrected chi connectivity index (χ4v) is 4.29. The molecule has 0 spiro atoms. The van der Waals surface area contributed by atoms with Crippen LogP contribution in [0.3, 0.4) is 0 Å². The Hall–Kier alpha value is -1.64. The maximum atomic E-state index is 12.4. The largest absolute Gasteiger partial charge is 0.354 e. The molecule has 1 fully saturated rings. The maximum Gasteiger partial charge on any atom is 0.261 e. The summed E-state index contributed by atoms with van der Waals surface area (Å²) < 4.78 is 28.3. The zero-order valence-electron chi connectivity index (χ0n) is 14.7. The molecule has 2 heterocycles. The van der Waals surface area contributed by atoms with Crippen LogP contribution in [0.1, 0.15) is 13.3 Å². The van der Waals surface area contributed by atoms with Crippen LogP contribution >= 0.6 is 15.9 Å². The van der Waals surface area contributed by atoms with Crippen molar-refractivity contribution < 1.29 is 8.42 Å². The van der Waals surface area contributed by atoms with Crippen LogP contribution < -0.4 is 9.62 Å². The van der Waals surface area contributed by atoms with Gasteiger partial charge in [0.25, 0.3) is 10.0 Å². The number of anilines is 2. The van der Waals surface area contributed by atoms with Gasteiger partial charge in [0.15, 0.2) is 0 Å². The van der Waals surface area contributed by atoms with Crippen molar-refractivity contribution in [1.82, 2.24) is 9.88 Å². The molecule has 0 atom stereocenters. The molecule has 1 aromatic heterocycles. The van der Waals surface area contributed by atoms with Crippen LogP contribution in [0.15, 0.2) is 52.0 Å². The van der Waals surface area contributed by atoms with E-state index in [1.165, 1.54) is 6.42 Å². The first-order valence-electron chi connectivity index (χ1n) is 8.69. The molecule has 1 N–H and O–H groups in total. The molecule has 0 radical (unpaired) electrons. The first-order valence-corrected chi connectivity index (χ1v) is 11.0. The molecule has 0 bridgehead atoms. The Morgan fingerprint density at radius 3 is 2.35 bits per heavy atom. The first kappa shape index (κ1) is 19.1. The van der Waals surface area contributed by atoms with Crippen molar-refractivity contribution in [3.05, 3.63) is 47.1 Å². The van der Waals surface area contributed by atoms with Crippen LogP contribution in [0.2, 0.25) is 0 Å². The summed E-state index contributed by atoms with van der Waals surface area (Å²) in [5.41, 5.74) is 0.460. The second-order valence-corrected chi connectivity index (χ2v) is 8.89. The second kappa shape index (κ2) is 8.37. The third-order valence-corrected chi connectivity index (χ3v) is 6.29. The normalized spacial score (nSPS) is 15.8. The standard InChI is InChI=1S/C18H23BrN4O2S/c1-2-9-22-10-12-23(13-11-22)18-8-5-16(14-20-18)21-26(24,25)17-6-3-15(19)4-7-17/h3-8,14,21H,2,9-13H2,1H3. The van der Waals surface area contributed by atoms with E-state index < -0.39 is 10.0 Å². The van der Waals surface area contributed by atoms with Gasteiger partial charge in [-0.1, -0.05) is 22.9 Å². The van der Waals surface area contributed by atoms with Crippen LogP contribution in [-0.4, -0.2) is 51.0 Å². The molecule has 1 aliphatic rings. The Balaban J connectivity index is 1.64. The molecule has 1 aromatic carbocycles. The van der Waals surface area contributed by atoms with Crippen molar-refractivity contribution in [3.63, 3.8) is 0 Å². The quantitative estimate of drug-likeness (QED) is 0.749. The van der Waals surface area contributed by atoms with Crippen LogP contribution in [0.25, 0.3) is 0 Å². The zero-order valence-corrected chi connectivity index (χ0v) is 17.1. The number of sulfonamides is 1. The van der Waals surface area contributed by atoms with Crippen molar-refractivity contribution >= 4 is 37.5 Å². The molecule has 6 nitrogen and oxygen atoms in total. The molecule has 0 amide bonds. The van der Waals surface area contributed by atoms with Gasteiger partial charge in [-0.05, 0) is 49.4 Å². The molecule has 0 saturated carbocycles.